The molecule has 0 bridgehead atoms. The third kappa shape index (κ3) is 3.18. The largest absolute Gasteiger partial charge is 0.452 e. The second-order valence-electron chi connectivity index (χ2n) is 4.62. The normalized spacial score (nSPS) is 18.3. The van der Waals surface area contributed by atoms with Gasteiger partial charge in [0.05, 0.1) is 6.54 Å². The van der Waals surface area contributed by atoms with E-state index in [4.69, 9.17) is 10.2 Å². The van der Waals surface area contributed by atoms with Gasteiger partial charge < -0.3 is 10.2 Å². The van der Waals surface area contributed by atoms with E-state index in [0.29, 0.717) is 12.3 Å². The van der Waals surface area contributed by atoms with E-state index in [0.717, 1.165) is 19.3 Å². The van der Waals surface area contributed by atoms with Crippen LogP contribution in [0.25, 0.3) is 0 Å². The zero-order valence-corrected chi connectivity index (χ0v) is 13.8. The number of sulfonamides is 1. The summed E-state index contributed by atoms with van der Waals surface area (Å²) in [6.07, 6.45) is 5.29. The van der Waals surface area contributed by atoms with Gasteiger partial charge in [-0.15, -0.1) is 0 Å². The Morgan fingerprint density at radius 2 is 2.26 bits per heavy atom. The molecule has 1 saturated carbocycles. The summed E-state index contributed by atoms with van der Waals surface area (Å²) in [5, 5.41) is 0. The molecular weight excluding hydrogens is 352 g/mol. The lowest BCUT2D eigenvalue weighted by Crippen LogP contribution is -2.45. The summed E-state index contributed by atoms with van der Waals surface area (Å²) in [5.41, 5.74) is 5.44. The highest BCUT2D eigenvalue weighted by atomic mass is 79.9. The van der Waals surface area contributed by atoms with Crippen LogP contribution in [0.4, 0.5) is 0 Å². The van der Waals surface area contributed by atoms with Crippen molar-refractivity contribution in [1.29, 1.82) is 0 Å². The summed E-state index contributed by atoms with van der Waals surface area (Å²) in [6.45, 7) is 0.620. The molecule has 1 fully saturated rings. The molecular formula is C11H17BrN2O3S2. The third-order valence-electron chi connectivity index (χ3n) is 3.48. The number of thioether (sulfide) groups is 1. The molecule has 1 aliphatic carbocycles. The molecule has 1 heterocycles. The van der Waals surface area contributed by atoms with E-state index in [1.54, 1.807) is 11.8 Å². The van der Waals surface area contributed by atoms with Gasteiger partial charge in [0, 0.05) is 17.4 Å². The predicted molar refractivity (Wildman–Crippen MR) is 79.6 cm³/mol. The molecule has 3 N–H and O–H groups in total. The Labute approximate surface area is 125 Å². The summed E-state index contributed by atoms with van der Waals surface area (Å²) in [4.78, 5) is 0.114. The summed E-state index contributed by atoms with van der Waals surface area (Å²) in [6, 6.07) is 1.46. The standard InChI is InChI=1S/C11H17BrN2O3S2/c1-18-11(3-2-4-11)7-14-19(15,16)9-5-8(6-13)17-10(9)12/h5,14H,2-4,6-7,13H2,1H3. The van der Waals surface area contributed by atoms with E-state index in [1.807, 2.05) is 6.26 Å². The van der Waals surface area contributed by atoms with Crippen LogP contribution in [0.2, 0.25) is 0 Å². The van der Waals surface area contributed by atoms with Crippen LogP contribution in [0, 0.1) is 0 Å². The van der Waals surface area contributed by atoms with Crippen molar-refractivity contribution >= 4 is 37.7 Å². The molecule has 1 aromatic heterocycles. The maximum absolute atomic E-state index is 12.2. The van der Waals surface area contributed by atoms with Crippen molar-refractivity contribution in [3.63, 3.8) is 0 Å². The minimum atomic E-state index is -3.56. The molecule has 0 aliphatic heterocycles. The quantitative estimate of drug-likeness (QED) is 0.802. The maximum Gasteiger partial charge on any atom is 0.245 e. The highest BCUT2D eigenvalue weighted by molar-refractivity contribution is 9.10. The molecule has 108 valence electrons. The SMILES string of the molecule is CSC1(CNS(=O)(=O)c2cc(CN)oc2Br)CCC1. The Balaban J connectivity index is 2.11. The second-order valence-corrected chi connectivity index (χ2v) is 8.35. The first kappa shape index (κ1) is 15.4. The van der Waals surface area contributed by atoms with Gasteiger partial charge in [0.15, 0.2) is 4.67 Å². The van der Waals surface area contributed by atoms with Gasteiger partial charge >= 0.3 is 0 Å². The van der Waals surface area contributed by atoms with Crippen LogP contribution in [-0.4, -0.2) is 26.0 Å². The highest BCUT2D eigenvalue weighted by Crippen LogP contribution is 2.42. The van der Waals surface area contributed by atoms with E-state index in [2.05, 4.69) is 20.7 Å². The lowest BCUT2D eigenvalue weighted by Gasteiger charge is -2.40. The van der Waals surface area contributed by atoms with Crippen LogP contribution in [0.1, 0.15) is 25.0 Å². The van der Waals surface area contributed by atoms with E-state index >= 15 is 0 Å². The topological polar surface area (TPSA) is 85.3 Å². The van der Waals surface area contributed by atoms with Gasteiger partial charge in [-0.3, -0.25) is 0 Å². The van der Waals surface area contributed by atoms with Crippen molar-refractivity contribution in [3.8, 4) is 0 Å². The lowest BCUT2D eigenvalue weighted by molar-refractivity contribution is 0.361. The molecule has 5 nitrogen and oxygen atoms in total. The molecule has 0 spiro atoms. The molecule has 0 amide bonds. The van der Waals surface area contributed by atoms with Crippen molar-refractivity contribution in [2.24, 2.45) is 5.73 Å². The van der Waals surface area contributed by atoms with E-state index in [1.165, 1.54) is 6.07 Å². The molecule has 2 rings (SSSR count). The van der Waals surface area contributed by atoms with Gasteiger partial charge in [0.25, 0.3) is 0 Å². The molecule has 1 aliphatic rings. The Morgan fingerprint density at radius 1 is 1.58 bits per heavy atom. The summed E-state index contributed by atoms with van der Waals surface area (Å²) >= 11 is 4.84. The smallest absolute Gasteiger partial charge is 0.245 e. The number of furan rings is 1. The number of rotatable bonds is 6. The number of nitrogens with two attached hydrogens (primary N) is 1. The Bertz CT molecular complexity index is 547. The summed E-state index contributed by atoms with van der Waals surface area (Å²) in [7, 11) is -3.56. The summed E-state index contributed by atoms with van der Waals surface area (Å²) < 4.78 is 32.6. The Hall–Kier alpha value is -0.0200. The average molecular weight is 369 g/mol. The molecule has 1 aromatic rings. The van der Waals surface area contributed by atoms with Crippen LogP contribution >= 0.6 is 27.7 Å². The first-order chi connectivity index (χ1) is 8.92. The molecule has 0 unspecified atom stereocenters. The molecule has 0 aromatic carbocycles. The molecule has 0 saturated heterocycles. The minimum absolute atomic E-state index is 0.0555. The van der Waals surface area contributed by atoms with Crippen LogP contribution in [0.15, 0.2) is 20.0 Å². The number of nitrogens with one attached hydrogen (secondary N) is 1. The zero-order valence-electron chi connectivity index (χ0n) is 10.6. The molecule has 0 atom stereocenters. The predicted octanol–water partition coefficient (Wildman–Crippen LogP) is 2.06. The lowest BCUT2D eigenvalue weighted by atomic mass is 9.84. The van der Waals surface area contributed by atoms with Crippen LogP contribution < -0.4 is 10.5 Å². The number of hydrogen-bond acceptors (Lipinski definition) is 5. The van der Waals surface area contributed by atoms with E-state index in [-0.39, 0.29) is 20.9 Å². The maximum atomic E-state index is 12.2. The second kappa shape index (κ2) is 5.77. The van der Waals surface area contributed by atoms with Crippen molar-refractivity contribution in [1.82, 2.24) is 4.72 Å². The van der Waals surface area contributed by atoms with Gasteiger partial charge in [-0.1, -0.05) is 6.42 Å². The van der Waals surface area contributed by atoms with E-state index < -0.39 is 10.0 Å². The summed E-state index contributed by atoms with van der Waals surface area (Å²) in [5.74, 6) is 0.440. The molecule has 8 heteroatoms. The highest BCUT2D eigenvalue weighted by Gasteiger charge is 2.37. The molecule has 0 radical (unpaired) electrons. The van der Waals surface area contributed by atoms with Crippen molar-refractivity contribution in [3.05, 3.63) is 16.5 Å². The minimum Gasteiger partial charge on any atom is -0.452 e. The first-order valence-corrected chi connectivity index (χ1v) is 9.46. The van der Waals surface area contributed by atoms with Gasteiger partial charge in [0.1, 0.15) is 10.7 Å². The fourth-order valence-electron chi connectivity index (χ4n) is 2.01. The van der Waals surface area contributed by atoms with Crippen LogP contribution in [0.5, 0.6) is 0 Å². The van der Waals surface area contributed by atoms with E-state index in [9.17, 15) is 8.42 Å². The Morgan fingerprint density at radius 3 is 2.68 bits per heavy atom. The Kier molecular flexibility index (Phi) is 4.67. The number of hydrogen-bond donors (Lipinski definition) is 2. The fraction of sp³-hybridized carbons (Fsp3) is 0.636. The fourth-order valence-corrected chi connectivity index (χ4v) is 5.14. The number of halogens is 1. The van der Waals surface area contributed by atoms with Crippen LogP contribution in [-0.2, 0) is 16.6 Å². The van der Waals surface area contributed by atoms with Crippen molar-refractivity contribution in [2.75, 3.05) is 12.8 Å². The van der Waals surface area contributed by atoms with Gasteiger partial charge in [-0.25, -0.2) is 13.1 Å². The van der Waals surface area contributed by atoms with Gasteiger partial charge in [-0.2, -0.15) is 11.8 Å². The van der Waals surface area contributed by atoms with Gasteiger partial charge in [0.2, 0.25) is 10.0 Å². The average Bonchev–Trinajstić information content (AvgIpc) is 2.70. The first-order valence-electron chi connectivity index (χ1n) is 5.95. The van der Waals surface area contributed by atoms with Crippen molar-refractivity contribution < 1.29 is 12.8 Å². The van der Waals surface area contributed by atoms with Crippen molar-refractivity contribution in [2.45, 2.75) is 35.4 Å². The van der Waals surface area contributed by atoms with Crippen LogP contribution in [0.3, 0.4) is 0 Å². The third-order valence-corrected chi connectivity index (χ3v) is 7.16. The monoisotopic (exact) mass is 368 g/mol. The van der Waals surface area contributed by atoms with Gasteiger partial charge in [-0.05, 0) is 35.0 Å². The zero-order chi connectivity index (χ0) is 14.1. The molecule has 19 heavy (non-hydrogen) atoms.